The van der Waals surface area contributed by atoms with Gasteiger partial charge in [-0.3, -0.25) is 19.5 Å². The number of carbonyl (C=O) groups is 1. The Morgan fingerprint density at radius 3 is 2.82 bits per heavy atom. The zero-order valence-corrected chi connectivity index (χ0v) is 18.8. The zero-order valence-electron chi connectivity index (χ0n) is 18.0. The summed E-state index contributed by atoms with van der Waals surface area (Å²) in [5.74, 6) is -0.0804. The predicted octanol–water partition coefficient (Wildman–Crippen LogP) is 2.54. The van der Waals surface area contributed by atoms with Gasteiger partial charge in [-0.05, 0) is 31.9 Å². The number of sulfonamides is 1. The number of hydrogen-bond acceptors (Lipinski definition) is 9. The Morgan fingerprint density at radius 2 is 2.03 bits per heavy atom. The van der Waals surface area contributed by atoms with E-state index >= 15 is 0 Å². The molecular weight excluding hydrogens is 448 g/mol. The van der Waals surface area contributed by atoms with Gasteiger partial charge in [-0.1, -0.05) is 12.8 Å². The van der Waals surface area contributed by atoms with Crippen molar-refractivity contribution >= 4 is 21.6 Å². The third kappa shape index (κ3) is 5.64. The van der Waals surface area contributed by atoms with Gasteiger partial charge in [0.15, 0.2) is 5.76 Å². The highest BCUT2D eigenvalue weighted by molar-refractivity contribution is 7.93. The number of nitrogens with one attached hydrogen (secondary N) is 2. The molecule has 12 heteroatoms. The van der Waals surface area contributed by atoms with Gasteiger partial charge in [0, 0.05) is 6.20 Å². The second-order valence-electron chi connectivity index (χ2n) is 7.48. The van der Waals surface area contributed by atoms with Crippen LogP contribution >= 0.6 is 0 Å². The molecule has 1 saturated carbocycles. The monoisotopic (exact) mass is 472 g/mol. The molecule has 0 spiro atoms. The van der Waals surface area contributed by atoms with Crippen molar-refractivity contribution in [3.05, 3.63) is 48.5 Å². The van der Waals surface area contributed by atoms with Crippen molar-refractivity contribution in [3.63, 3.8) is 0 Å². The highest BCUT2D eigenvalue weighted by atomic mass is 32.2. The number of rotatable bonds is 9. The molecule has 11 nitrogen and oxygen atoms in total. The van der Waals surface area contributed by atoms with Gasteiger partial charge in [-0.2, -0.15) is 0 Å². The predicted molar refractivity (Wildman–Crippen MR) is 119 cm³/mol. The Hall–Kier alpha value is -3.54. The van der Waals surface area contributed by atoms with Crippen LogP contribution < -0.4 is 14.8 Å². The summed E-state index contributed by atoms with van der Waals surface area (Å²) in [5.41, 5.74) is 1.28. The number of amides is 1. The molecule has 0 aliphatic heterocycles. The molecule has 0 bridgehead atoms. The van der Waals surface area contributed by atoms with Crippen LogP contribution in [-0.2, 0) is 16.6 Å². The van der Waals surface area contributed by atoms with Crippen molar-refractivity contribution < 1.29 is 22.4 Å². The lowest BCUT2D eigenvalue weighted by Gasteiger charge is -2.13. The fourth-order valence-corrected chi connectivity index (χ4v) is 5.09. The normalized spacial score (nSPS) is 14.2. The molecule has 3 heterocycles. The molecular formula is C21H24N6O5S. The van der Waals surface area contributed by atoms with E-state index < -0.39 is 15.9 Å². The second kappa shape index (κ2) is 9.94. The molecule has 1 amide bonds. The maximum atomic E-state index is 12.5. The number of oxazole rings is 1. The van der Waals surface area contributed by atoms with Crippen LogP contribution in [0.1, 0.15) is 49.0 Å². The average molecular weight is 473 g/mol. The van der Waals surface area contributed by atoms with E-state index in [1.807, 2.05) is 6.92 Å². The Kier molecular flexibility index (Phi) is 6.82. The van der Waals surface area contributed by atoms with Gasteiger partial charge in [0.2, 0.25) is 15.9 Å². The fraction of sp³-hybridized carbons (Fsp3) is 0.381. The summed E-state index contributed by atoms with van der Waals surface area (Å²) in [4.78, 5) is 28.9. The van der Waals surface area contributed by atoms with Crippen molar-refractivity contribution in [2.24, 2.45) is 0 Å². The van der Waals surface area contributed by atoms with Crippen LogP contribution in [0.2, 0.25) is 0 Å². The summed E-state index contributed by atoms with van der Waals surface area (Å²) in [6, 6.07) is 3.16. The molecule has 174 valence electrons. The van der Waals surface area contributed by atoms with E-state index in [4.69, 9.17) is 9.15 Å². The van der Waals surface area contributed by atoms with E-state index in [2.05, 4.69) is 30.0 Å². The minimum Gasteiger partial charge on any atom is -0.477 e. The zero-order chi connectivity index (χ0) is 23.3. The summed E-state index contributed by atoms with van der Waals surface area (Å²) >= 11 is 0. The summed E-state index contributed by atoms with van der Waals surface area (Å²) in [7, 11) is -3.44. The molecule has 0 atom stereocenters. The van der Waals surface area contributed by atoms with E-state index in [1.54, 1.807) is 12.1 Å². The van der Waals surface area contributed by atoms with Gasteiger partial charge in [-0.25, -0.2) is 18.4 Å². The molecule has 2 N–H and O–H groups in total. The van der Waals surface area contributed by atoms with Crippen LogP contribution in [0.25, 0.3) is 11.5 Å². The molecule has 0 aromatic carbocycles. The minimum absolute atomic E-state index is 0.0647. The molecule has 1 aliphatic carbocycles. The third-order valence-electron chi connectivity index (χ3n) is 5.10. The molecule has 0 saturated heterocycles. The fourth-order valence-electron chi connectivity index (χ4n) is 3.51. The molecule has 1 fully saturated rings. The number of aromatic nitrogens is 4. The second-order valence-corrected chi connectivity index (χ2v) is 9.44. The number of carbonyl (C=O) groups excluding carboxylic acids is 1. The van der Waals surface area contributed by atoms with Crippen LogP contribution in [0, 0.1) is 0 Å². The van der Waals surface area contributed by atoms with E-state index in [1.165, 1.54) is 24.8 Å². The maximum Gasteiger partial charge on any atom is 0.307 e. The lowest BCUT2D eigenvalue weighted by Crippen LogP contribution is -2.26. The molecule has 0 unspecified atom stereocenters. The molecule has 1 aliphatic rings. The van der Waals surface area contributed by atoms with E-state index in [-0.39, 0.29) is 23.4 Å². The first-order valence-electron chi connectivity index (χ1n) is 10.6. The van der Waals surface area contributed by atoms with Crippen LogP contribution in [0.15, 0.2) is 41.3 Å². The Balaban J connectivity index is 1.37. The van der Waals surface area contributed by atoms with Crippen LogP contribution in [0.5, 0.6) is 5.88 Å². The third-order valence-corrected chi connectivity index (χ3v) is 6.97. The Bertz CT molecular complexity index is 1220. The van der Waals surface area contributed by atoms with Crippen molar-refractivity contribution in [2.45, 2.75) is 44.4 Å². The molecule has 3 aromatic heterocycles. The maximum absolute atomic E-state index is 12.5. The Labute approximate surface area is 191 Å². The van der Waals surface area contributed by atoms with Crippen molar-refractivity contribution in [1.82, 2.24) is 25.3 Å². The van der Waals surface area contributed by atoms with Crippen LogP contribution in [-0.4, -0.2) is 46.1 Å². The Morgan fingerprint density at radius 1 is 1.21 bits per heavy atom. The number of ether oxygens (including phenoxy) is 1. The molecule has 4 rings (SSSR count). The molecule has 33 heavy (non-hydrogen) atoms. The smallest absolute Gasteiger partial charge is 0.307 e. The standard InChI is InChI=1S/C21H24N6O5S/c1-2-31-19-13-22-11-17(26-19)18-12-25-21(32-18)20(28)24-10-15-9-14(7-8-23-15)27-33(29,30)16-5-3-4-6-16/h7-9,11-13,16H,2-6,10H2,1H3,(H,23,27)(H,24,28). The minimum atomic E-state index is -3.44. The number of hydrogen-bond donors (Lipinski definition) is 2. The van der Waals surface area contributed by atoms with E-state index in [0.717, 1.165) is 12.8 Å². The van der Waals surface area contributed by atoms with Gasteiger partial charge in [0.05, 0.1) is 48.4 Å². The van der Waals surface area contributed by atoms with Crippen molar-refractivity contribution in [1.29, 1.82) is 0 Å². The summed E-state index contributed by atoms with van der Waals surface area (Å²) in [6.07, 6.45) is 9.01. The van der Waals surface area contributed by atoms with Crippen molar-refractivity contribution in [2.75, 3.05) is 11.3 Å². The van der Waals surface area contributed by atoms with E-state index in [9.17, 15) is 13.2 Å². The summed E-state index contributed by atoms with van der Waals surface area (Å²) in [6.45, 7) is 2.34. The first kappa shape index (κ1) is 22.6. The number of nitrogens with zero attached hydrogens (tertiary/aromatic N) is 4. The summed E-state index contributed by atoms with van der Waals surface area (Å²) < 4.78 is 38.4. The van der Waals surface area contributed by atoms with Gasteiger partial charge in [0.1, 0.15) is 5.69 Å². The summed E-state index contributed by atoms with van der Waals surface area (Å²) in [5, 5.41) is 2.29. The number of pyridine rings is 1. The van der Waals surface area contributed by atoms with E-state index in [0.29, 0.717) is 42.4 Å². The first-order valence-corrected chi connectivity index (χ1v) is 12.1. The van der Waals surface area contributed by atoms with Gasteiger partial charge < -0.3 is 14.5 Å². The number of anilines is 1. The average Bonchev–Trinajstić information content (AvgIpc) is 3.51. The van der Waals surface area contributed by atoms with Gasteiger partial charge in [-0.15, -0.1) is 0 Å². The molecule has 0 radical (unpaired) electrons. The highest BCUT2D eigenvalue weighted by Gasteiger charge is 2.28. The SMILES string of the molecule is CCOc1cncc(-c2cnc(C(=O)NCc3cc(NS(=O)(=O)C4CCCC4)ccn3)o2)n1. The highest BCUT2D eigenvalue weighted by Crippen LogP contribution is 2.26. The van der Waals surface area contributed by atoms with Gasteiger partial charge >= 0.3 is 5.91 Å². The largest absolute Gasteiger partial charge is 0.477 e. The lowest BCUT2D eigenvalue weighted by molar-refractivity contribution is 0.0916. The lowest BCUT2D eigenvalue weighted by atomic mass is 10.3. The van der Waals surface area contributed by atoms with Crippen molar-refractivity contribution in [3.8, 4) is 17.3 Å². The quantitative estimate of drug-likeness (QED) is 0.479. The first-order chi connectivity index (χ1) is 15.9. The van der Waals surface area contributed by atoms with Crippen LogP contribution in [0.4, 0.5) is 5.69 Å². The van der Waals surface area contributed by atoms with Gasteiger partial charge in [0.25, 0.3) is 5.89 Å². The molecule has 3 aromatic rings. The van der Waals surface area contributed by atoms with Crippen LogP contribution in [0.3, 0.4) is 0 Å². The topological polar surface area (TPSA) is 149 Å².